The fraction of sp³-hybridized carbons (Fsp3) is 0.258. The van der Waals surface area contributed by atoms with E-state index in [2.05, 4.69) is 32.1 Å². The van der Waals surface area contributed by atoms with Crippen LogP contribution >= 0.6 is 34.4 Å². The van der Waals surface area contributed by atoms with Crippen LogP contribution < -0.4 is 16.1 Å². The molecule has 0 radical (unpaired) electrons. The Labute approximate surface area is 264 Å². The van der Waals surface area contributed by atoms with Crippen LogP contribution in [0.4, 0.5) is 10.8 Å². The molecule has 9 nitrogen and oxygen atoms in total. The number of hydrogen-bond acceptors (Lipinski definition) is 10. The number of nitriles is 1. The molecule has 0 spiro atoms. The summed E-state index contributed by atoms with van der Waals surface area (Å²) in [6.45, 7) is 6.55. The SMILES string of the molecule is CCNc1nc(CC)c(C(=O)NC(C#N)c2cccs2)s1.CSC1=N[C@@](C)(c2ccccc2)C(=O)N1Nc1ccccc1. The van der Waals surface area contributed by atoms with Gasteiger partial charge in [-0.3, -0.25) is 15.0 Å². The van der Waals surface area contributed by atoms with Gasteiger partial charge in [0.1, 0.15) is 4.88 Å². The van der Waals surface area contributed by atoms with Gasteiger partial charge in [0.05, 0.1) is 17.5 Å². The van der Waals surface area contributed by atoms with E-state index in [1.54, 1.807) is 0 Å². The highest BCUT2D eigenvalue weighted by Gasteiger charge is 2.46. The van der Waals surface area contributed by atoms with Gasteiger partial charge in [-0.05, 0) is 55.7 Å². The van der Waals surface area contributed by atoms with Crippen molar-refractivity contribution in [3.05, 3.63) is 99.2 Å². The van der Waals surface area contributed by atoms with E-state index < -0.39 is 11.6 Å². The molecule has 12 heteroatoms. The molecule has 1 aliphatic rings. The summed E-state index contributed by atoms with van der Waals surface area (Å²) in [4.78, 5) is 35.8. The first kappa shape index (κ1) is 31.7. The number of nitrogens with one attached hydrogen (secondary N) is 3. The van der Waals surface area contributed by atoms with Gasteiger partial charge in [-0.1, -0.05) is 84.6 Å². The zero-order valence-corrected chi connectivity index (χ0v) is 26.8. The smallest absolute Gasteiger partial charge is 0.279 e. The van der Waals surface area contributed by atoms with Crippen LogP contribution in [0.25, 0.3) is 0 Å². The fourth-order valence-corrected chi connectivity index (χ4v) is 6.57. The monoisotopic (exact) mass is 631 g/mol. The molecule has 2 amide bonds. The highest BCUT2D eigenvalue weighted by atomic mass is 32.2. The molecule has 2 atom stereocenters. The number of thioether (sulfide) groups is 1. The predicted octanol–water partition coefficient (Wildman–Crippen LogP) is 6.68. The Morgan fingerprint density at radius 2 is 1.79 bits per heavy atom. The minimum absolute atomic E-state index is 0.0769. The Morgan fingerprint density at radius 1 is 1.09 bits per heavy atom. The first-order chi connectivity index (χ1) is 20.8. The lowest BCUT2D eigenvalue weighted by Crippen LogP contribution is -2.42. The first-order valence-electron chi connectivity index (χ1n) is 13.7. The number of aliphatic imine (C=N–C) groups is 1. The molecular weight excluding hydrogens is 599 g/mol. The van der Waals surface area contributed by atoms with Gasteiger partial charge in [0.15, 0.2) is 21.9 Å². The van der Waals surface area contributed by atoms with Crippen LogP contribution in [0.15, 0.2) is 83.2 Å². The number of benzene rings is 2. The molecule has 2 aromatic heterocycles. The molecule has 0 fully saturated rings. The Balaban J connectivity index is 0.000000197. The molecule has 43 heavy (non-hydrogen) atoms. The largest absolute Gasteiger partial charge is 0.362 e. The van der Waals surface area contributed by atoms with Gasteiger partial charge in [0.2, 0.25) is 0 Å². The van der Waals surface area contributed by atoms with E-state index >= 15 is 0 Å². The summed E-state index contributed by atoms with van der Waals surface area (Å²) in [6.07, 6.45) is 2.60. The second kappa shape index (κ2) is 14.8. The standard InChI is InChI=1S/C17H17N3OS.C14H16N4OS2/c1-17(13-9-5-3-6-10-13)15(21)20(16(18-17)22-2)19-14-11-7-4-8-12-14;1-3-9-12(21-14(18-9)16-4-2)13(19)17-10(8-15)11-6-5-7-20-11/h3-12,19H,1-2H3;5-7,10H,3-4H2,1-2H3,(H,16,18)(H,17,19)/t17-;/m0./s1. The molecule has 222 valence electrons. The molecule has 4 aromatic rings. The summed E-state index contributed by atoms with van der Waals surface area (Å²) in [6, 6.07) is 24.5. The van der Waals surface area contributed by atoms with Crippen LogP contribution in [0.3, 0.4) is 0 Å². The van der Waals surface area contributed by atoms with Crippen molar-refractivity contribution < 1.29 is 9.59 Å². The number of nitrogens with zero attached hydrogens (tertiary/aromatic N) is 4. The quantitative estimate of drug-likeness (QED) is 0.188. The van der Waals surface area contributed by atoms with Gasteiger partial charge in [-0.25, -0.2) is 9.98 Å². The Morgan fingerprint density at radius 3 is 2.37 bits per heavy atom. The zero-order chi connectivity index (χ0) is 30.8. The van der Waals surface area contributed by atoms with Crippen LogP contribution in [0.2, 0.25) is 0 Å². The fourth-order valence-electron chi connectivity index (χ4n) is 4.24. The molecular formula is C31H33N7O2S3. The Hall–Kier alpha value is -4.18. The Bertz CT molecular complexity index is 1580. The second-order valence-electron chi connectivity index (χ2n) is 9.38. The van der Waals surface area contributed by atoms with E-state index in [1.807, 2.05) is 105 Å². The molecule has 2 aromatic carbocycles. The van der Waals surface area contributed by atoms with Crippen molar-refractivity contribution in [2.45, 2.75) is 38.8 Å². The molecule has 1 unspecified atom stereocenters. The van der Waals surface area contributed by atoms with E-state index in [9.17, 15) is 14.9 Å². The van der Waals surface area contributed by atoms with Gasteiger partial charge >= 0.3 is 0 Å². The number of amidine groups is 1. The lowest BCUT2D eigenvalue weighted by Gasteiger charge is -2.23. The number of carbonyl (C=O) groups is 2. The number of aryl methyl sites for hydroxylation is 1. The van der Waals surface area contributed by atoms with E-state index in [0.29, 0.717) is 16.5 Å². The number of anilines is 2. The van der Waals surface area contributed by atoms with Crippen LogP contribution in [0.1, 0.15) is 52.6 Å². The van der Waals surface area contributed by atoms with Crippen molar-refractivity contribution in [3.8, 4) is 6.07 Å². The molecule has 0 saturated heterocycles. The first-order valence-corrected chi connectivity index (χ1v) is 16.6. The van der Waals surface area contributed by atoms with E-state index in [-0.39, 0.29) is 11.8 Å². The topological polar surface area (TPSA) is 123 Å². The van der Waals surface area contributed by atoms with Crippen molar-refractivity contribution in [1.29, 1.82) is 5.26 Å². The van der Waals surface area contributed by atoms with Crippen molar-refractivity contribution in [2.75, 3.05) is 23.5 Å². The third-order valence-corrected chi connectivity index (χ3v) is 9.09. The number of amides is 2. The molecule has 3 heterocycles. The third-order valence-electron chi connectivity index (χ3n) is 6.46. The number of aromatic nitrogens is 1. The van der Waals surface area contributed by atoms with E-state index in [1.165, 1.54) is 39.4 Å². The summed E-state index contributed by atoms with van der Waals surface area (Å²) in [5.41, 5.74) is 4.77. The number of hydrogen-bond donors (Lipinski definition) is 3. The van der Waals surface area contributed by atoms with Crippen LogP contribution in [-0.4, -0.2) is 39.8 Å². The highest BCUT2D eigenvalue weighted by molar-refractivity contribution is 8.13. The van der Waals surface area contributed by atoms with Crippen molar-refractivity contribution in [2.24, 2.45) is 4.99 Å². The average Bonchev–Trinajstić information content (AvgIpc) is 3.78. The van der Waals surface area contributed by atoms with Crippen molar-refractivity contribution in [1.82, 2.24) is 15.3 Å². The summed E-state index contributed by atoms with van der Waals surface area (Å²) < 4.78 is 0. The maximum absolute atomic E-state index is 12.9. The summed E-state index contributed by atoms with van der Waals surface area (Å²) in [5, 5.41) is 19.9. The molecule has 0 aliphatic carbocycles. The molecule has 1 aliphatic heterocycles. The minimum Gasteiger partial charge on any atom is -0.362 e. The van der Waals surface area contributed by atoms with Crippen molar-refractivity contribution in [3.63, 3.8) is 0 Å². The third kappa shape index (κ3) is 7.43. The highest BCUT2D eigenvalue weighted by Crippen LogP contribution is 2.35. The van der Waals surface area contributed by atoms with Crippen molar-refractivity contribution >= 4 is 62.2 Å². The van der Waals surface area contributed by atoms with E-state index in [4.69, 9.17) is 0 Å². The minimum atomic E-state index is -0.888. The van der Waals surface area contributed by atoms with Crippen LogP contribution in [0.5, 0.6) is 0 Å². The van der Waals surface area contributed by atoms with Gasteiger partial charge in [0.25, 0.3) is 11.8 Å². The molecule has 0 bridgehead atoms. The van der Waals surface area contributed by atoms with Gasteiger partial charge in [0, 0.05) is 11.4 Å². The number of carbonyl (C=O) groups excluding carboxylic acids is 2. The number of rotatable bonds is 9. The average molecular weight is 632 g/mol. The molecule has 3 N–H and O–H groups in total. The van der Waals surface area contributed by atoms with Crippen LogP contribution in [-0.2, 0) is 16.8 Å². The lowest BCUT2D eigenvalue weighted by atomic mass is 9.92. The number of thiazole rings is 1. The normalized spacial score (nSPS) is 16.4. The van der Waals surface area contributed by atoms with Gasteiger partial charge in [-0.2, -0.15) is 10.3 Å². The van der Waals surface area contributed by atoms with E-state index in [0.717, 1.165) is 33.5 Å². The molecule has 0 saturated carbocycles. The van der Waals surface area contributed by atoms with Gasteiger partial charge in [-0.15, -0.1) is 11.3 Å². The number of hydrazine groups is 1. The zero-order valence-electron chi connectivity index (χ0n) is 24.3. The van der Waals surface area contributed by atoms with Crippen LogP contribution in [0, 0.1) is 11.3 Å². The maximum Gasteiger partial charge on any atom is 0.279 e. The maximum atomic E-state index is 12.9. The molecule has 5 rings (SSSR count). The number of thiophene rings is 1. The number of para-hydroxylation sites is 1. The lowest BCUT2D eigenvalue weighted by molar-refractivity contribution is -0.129. The predicted molar refractivity (Wildman–Crippen MR) is 177 cm³/mol. The second-order valence-corrected chi connectivity index (χ2v) is 12.1. The summed E-state index contributed by atoms with van der Waals surface area (Å²) in [5.74, 6) is -0.319. The summed E-state index contributed by atoms with van der Waals surface area (Å²) >= 11 is 4.23. The van der Waals surface area contributed by atoms with Gasteiger partial charge < -0.3 is 10.6 Å². The summed E-state index contributed by atoms with van der Waals surface area (Å²) in [7, 11) is 0. The Kier molecular flexibility index (Phi) is 10.9.